The van der Waals surface area contributed by atoms with Gasteiger partial charge >= 0.3 is 0 Å². The molecule has 0 unspecified atom stereocenters. The number of hydrogen-bond acceptors (Lipinski definition) is 3. The SMILES string of the molecule is CCNC(=NCc1cccc(COC2CCOCC2)c1)N1CCC2(CCCC2)C1. The molecular weight excluding hydrogens is 362 g/mol. The van der Waals surface area contributed by atoms with E-state index in [1.807, 2.05) is 0 Å². The van der Waals surface area contributed by atoms with Crippen LogP contribution in [0.15, 0.2) is 29.3 Å². The lowest BCUT2D eigenvalue weighted by atomic mass is 9.86. The molecule has 0 atom stereocenters. The fourth-order valence-electron chi connectivity index (χ4n) is 5.12. The van der Waals surface area contributed by atoms with Crippen molar-refractivity contribution in [3.63, 3.8) is 0 Å². The molecule has 0 amide bonds. The molecule has 5 heteroatoms. The molecule has 1 saturated carbocycles. The van der Waals surface area contributed by atoms with Crippen molar-refractivity contribution in [1.82, 2.24) is 10.2 Å². The van der Waals surface area contributed by atoms with Gasteiger partial charge in [0.15, 0.2) is 5.96 Å². The van der Waals surface area contributed by atoms with Crippen molar-refractivity contribution >= 4 is 5.96 Å². The van der Waals surface area contributed by atoms with E-state index in [0.717, 1.165) is 51.6 Å². The molecular formula is C24H37N3O2. The Kier molecular flexibility index (Phi) is 7.09. The second kappa shape index (κ2) is 9.94. The van der Waals surface area contributed by atoms with E-state index in [-0.39, 0.29) is 0 Å². The zero-order chi connectivity index (χ0) is 19.9. The van der Waals surface area contributed by atoms with E-state index >= 15 is 0 Å². The second-order valence-corrected chi connectivity index (χ2v) is 8.99. The van der Waals surface area contributed by atoms with Gasteiger partial charge in [-0.15, -0.1) is 0 Å². The summed E-state index contributed by atoms with van der Waals surface area (Å²) in [5, 5.41) is 3.52. The molecule has 0 bridgehead atoms. The quantitative estimate of drug-likeness (QED) is 0.577. The number of nitrogens with one attached hydrogen (secondary N) is 1. The molecule has 2 saturated heterocycles. The second-order valence-electron chi connectivity index (χ2n) is 8.99. The average molecular weight is 400 g/mol. The normalized spacial score (nSPS) is 22.5. The maximum Gasteiger partial charge on any atom is 0.194 e. The predicted molar refractivity (Wildman–Crippen MR) is 117 cm³/mol. The van der Waals surface area contributed by atoms with Crippen molar-refractivity contribution in [2.75, 3.05) is 32.8 Å². The Morgan fingerprint density at radius 3 is 2.79 bits per heavy atom. The van der Waals surface area contributed by atoms with Crippen LogP contribution in [0.1, 0.15) is 63.0 Å². The van der Waals surface area contributed by atoms with E-state index < -0.39 is 0 Å². The lowest BCUT2D eigenvalue weighted by Gasteiger charge is -2.26. The first-order chi connectivity index (χ1) is 14.3. The maximum atomic E-state index is 6.09. The highest BCUT2D eigenvalue weighted by atomic mass is 16.5. The summed E-state index contributed by atoms with van der Waals surface area (Å²) in [5.74, 6) is 1.08. The molecule has 1 aromatic rings. The fourth-order valence-corrected chi connectivity index (χ4v) is 5.12. The fraction of sp³-hybridized carbons (Fsp3) is 0.708. The van der Waals surface area contributed by atoms with Crippen LogP contribution in [-0.4, -0.2) is 49.8 Å². The lowest BCUT2D eigenvalue weighted by molar-refractivity contribution is -0.0390. The van der Waals surface area contributed by atoms with Gasteiger partial charge in [-0.3, -0.25) is 0 Å². The number of hydrogen-bond donors (Lipinski definition) is 1. The third kappa shape index (κ3) is 5.52. The molecule has 3 fully saturated rings. The van der Waals surface area contributed by atoms with Crippen LogP contribution in [0.25, 0.3) is 0 Å². The molecule has 29 heavy (non-hydrogen) atoms. The van der Waals surface area contributed by atoms with Crippen LogP contribution in [-0.2, 0) is 22.6 Å². The molecule has 4 rings (SSSR count). The van der Waals surface area contributed by atoms with Crippen LogP contribution < -0.4 is 5.32 Å². The highest BCUT2D eigenvalue weighted by Crippen LogP contribution is 2.45. The van der Waals surface area contributed by atoms with Crippen molar-refractivity contribution < 1.29 is 9.47 Å². The number of nitrogens with zero attached hydrogens (tertiary/aromatic N) is 2. The Morgan fingerprint density at radius 1 is 1.21 bits per heavy atom. The van der Waals surface area contributed by atoms with Gasteiger partial charge in [0.05, 0.1) is 19.3 Å². The van der Waals surface area contributed by atoms with E-state index in [0.29, 0.717) is 18.1 Å². The van der Waals surface area contributed by atoms with Gasteiger partial charge in [0, 0.05) is 32.8 Å². The summed E-state index contributed by atoms with van der Waals surface area (Å²) in [7, 11) is 0. The Balaban J connectivity index is 1.34. The Hall–Kier alpha value is -1.59. The van der Waals surface area contributed by atoms with E-state index in [9.17, 15) is 0 Å². The van der Waals surface area contributed by atoms with E-state index in [4.69, 9.17) is 14.5 Å². The summed E-state index contributed by atoms with van der Waals surface area (Å²) in [6.45, 7) is 8.44. The van der Waals surface area contributed by atoms with Gasteiger partial charge in [0.1, 0.15) is 0 Å². The van der Waals surface area contributed by atoms with E-state index in [1.165, 1.54) is 49.8 Å². The summed E-state index contributed by atoms with van der Waals surface area (Å²) in [4.78, 5) is 7.48. The van der Waals surface area contributed by atoms with Crippen molar-refractivity contribution in [1.29, 1.82) is 0 Å². The molecule has 3 aliphatic rings. The maximum absolute atomic E-state index is 6.09. The molecule has 2 heterocycles. The van der Waals surface area contributed by atoms with Gasteiger partial charge in [-0.1, -0.05) is 37.1 Å². The molecule has 160 valence electrons. The van der Waals surface area contributed by atoms with Crippen molar-refractivity contribution in [3.05, 3.63) is 35.4 Å². The first-order valence-electron chi connectivity index (χ1n) is 11.6. The van der Waals surface area contributed by atoms with E-state index in [2.05, 4.69) is 41.4 Å². The van der Waals surface area contributed by atoms with Gasteiger partial charge < -0.3 is 19.7 Å². The molecule has 2 aliphatic heterocycles. The number of ether oxygens (including phenoxy) is 2. The molecule has 1 N–H and O–H groups in total. The number of benzene rings is 1. The first kappa shape index (κ1) is 20.7. The standard InChI is InChI=1S/C24H37N3O2/c1-2-25-23(27-13-12-24(19-27)10-3-4-11-24)26-17-20-6-5-7-21(16-20)18-29-22-8-14-28-15-9-22/h5-7,16,22H,2-4,8-15,17-19H2,1H3,(H,25,26). The number of likely N-dealkylation sites (tertiary alicyclic amines) is 1. The largest absolute Gasteiger partial charge is 0.381 e. The number of guanidine groups is 1. The van der Waals surface area contributed by atoms with Crippen LogP contribution in [0.4, 0.5) is 0 Å². The van der Waals surface area contributed by atoms with Crippen LogP contribution in [0.5, 0.6) is 0 Å². The van der Waals surface area contributed by atoms with Crippen LogP contribution in [0.2, 0.25) is 0 Å². The monoisotopic (exact) mass is 399 g/mol. The van der Waals surface area contributed by atoms with Gasteiger partial charge in [-0.2, -0.15) is 0 Å². The minimum atomic E-state index is 0.337. The molecule has 5 nitrogen and oxygen atoms in total. The zero-order valence-corrected chi connectivity index (χ0v) is 18.0. The number of rotatable bonds is 6. The third-order valence-electron chi connectivity index (χ3n) is 6.79. The van der Waals surface area contributed by atoms with Gasteiger partial charge in [0.25, 0.3) is 0 Å². The van der Waals surface area contributed by atoms with Gasteiger partial charge in [0.2, 0.25) is 0 Å². The molecule has 1 aliphatic carbocycles. The van der Waals surface area contributed by atoms with Crippen LogP contribution in [0, 0.1) is 5.41 Å². The van der Waals surface area contributed by atoms with Gasteiger partial charge in [-0.05, 0) is 55.6 Å². The highest BCUT2D eigenvalue weighted by Gasteiger charge is 2.41. The first-order valence-corrected chi connectivity index (χ1v) is 11.6. The predicted octanol–water partition coefficient (Wildman–Crippen LogP) is 4.11. The molecule has 1 aromatic carbocycles. The average Bonchev–Trinajstić information content (AvgIpc) is 3.40. The van der Waals surface area contributed by atoms with Gasteiger partial charge in [-0.25, -0.2) is 4.99 Å². The van der Waals surface area contributed by atoms with E-state index in [1.54, 1.807) is 0 Å². The van der Waals surface area contributed by atoms with Crippen molar-refractivity contribution in [2.45, 2.75) is 71.1 Å². The smallest absolute Gasteiger partial charge is 0.194 e. The number of aliphatic imine (C=N–C) groups is 1. The highest BCUT2D eigenvalue weighted by molar-refractivity contribution is 5.80. The Bertz CT molecular complexity index is 678. The minimum Gasteiger partial charge on any atom is -0.381 e. The van der Waals surface area contributed by atoms with Crippen LogP contribution >= 0.6 is 0 Å². The summed E-state index contributed by atoms with van der Waals surface area (Å²) >= 11 is 0. The minimum absolute atomic E-state index is 0.337. The summed E-state index contributed by atoms with van der Waals surface area (Å²) in [6.07, 6.45) is 9.30. The summed E-state index contributed by atoms with van der Waals surface area (Å²) < 4.78 is 11.5. The summed E-state index contributed by atoms with van der Waals surface area (Å²) in [6, 6.07) is 8.70. The molecule has 0 aromatic heterocycles. The Labute approximate surface area is 175 Å². The van der Waals surface area contributed by atoms with Crippen molar-refractivity contribution in [3.8, 4) is 0 Å². The molecule has 0 radical (unpaired) electrons. The summed E-state index contributed by atoms with van der Waals surface area (Å²) in [5.41, 5.74) is 3.06. The lowest BCUT2D eigenvalue weighted by Crippen LogP contribution is -2.41. The topological polar surface area (TPSA) is 46.1 Å². The third-order valence-corrected chi connectivity index (χ3v) is 6.79. The molecule has 1 spiro atoms. The Morgan fingerprint density at radius 2 is 2.00 bits per heavy atom. The van der Waals surface area contributed by atoms with Crippen LogP contribution in [0.3, 0.4) is 0 Å². The zero-order valence-electron chi connectivity index (χ0n) is 18.0. The van der Waals surface area contributed by atoms with Crippen molar-refractivity contribution in [2.24, 2.45) is 10.4 Å².